The molecule has 5 aromatic carbocycles. The van der Waals surface area contributed by atoms with E-state index in [2.05, 4.69) is 50.6 Å². The molecule has 534 valence electrons. The number of Topliss-reactive ketones (excluding diaryl/α,β-unsaturated/α-hetero) is 1. The van der Waals surface area contributed by atoms with Crippen LogP contribution in [0, 0.1) is 23.7 Å². The summed E-state index contributed by atoms with van der Waals surface area (Å²) < 4.78 is 58.6. The number of fused-ring (bicyclic) bond motifs is 9. The highest BCUT2D eigenvalue weighted by Gasteiger charge is 2.78. The summed E-state index contributed by atoms with van der Waals surface area (Å²) in [5.74, 6) is -7.75. The molecule has 4 aliphatic carbocycles. The van der Waals surface area contributed by atoms with Gasteiger partial charge in [-0.15, -0.1) is 0 Å². The first-order chi connectivity index (χ1) is 48.5. The van der Waals surface area contributed by atoms with E-state index in [1.165, 1.54) is 87.1 Å². The van der Waals surface area contributed by atoms with E-state index in [4.69, 9.17) is 23.7 Å². The minimum Gasteiger partial charge on any atom is -0.505 e. The number of aliphatic hydroxyl groups excluding tert-OH is 3. The summed E-state index contributed by atoms with van der Waals surface area (Å²) in [6, 6.07) is 41.4. The topological polar surface area (TPSA) is 338 Å². The van der Waals surface area contributed by atoms with Gasteiger partial charge in [0.2, 0.25) is 0 Å². The highest BCUT2D eigenvalue weighted by Crippen LogP contribution is 2.64. The van der Waals surface area contributed by atoms with Crippen LogP contribution in [-0.2, 0) is 70.6 Å². The molecule has 24 nitrogen and oxygen atoms in total. The molecule has 7 N–H and O–H groups in total. The van der Waals surface area contributed by atoms with Crippen molar-refractivity contribution in [3.63, 3.8) is 0 Å². The zero-order chi connectivity index (χ0) is 73.0. The van der Waals surface area contributed by atoms with Gasteiger partial charge < -0.3 is 64.6 Å². The molecule has 5 heterocycles. The van der Waals surface area contributed by atoms with Gasteiger partial charge in [0.15, 0.2) is 35.0 Å². The quantitative estimate of drug-likeness (QED) is 0.0344. The van der Waals surface area contributed by atoms with Gasteiger partial charge in [0.25, 0.3) is 21.8 Å². The molecule has 0 radical (unpaired) electrons. The number of aliphatic hydroxyl groups is 4. The Labute approximate surface area is 589 Å². The van der Waals surface area contributed by atoms with Crippen LogP contribution in [0.15, 0.2) is 180 Å². The van der Waals surface area contributed by atoms with Crippen molar-refractivity contribution in [3.8, 4) is 0 Å². The van der Waals surface area contributed by atoms with Crippen molar-refractivity contribution in [3.05, 3.63) is 214 Å². The zero-order valence-electron chi connectivity index (χ0n) is 57.6. The molecule has 2 bridgehead atoms. The van der Waals surface area contributed by atoms with E-state index in [-0.39, 0.29) is 57.3 Å². The van der Waals surface area contributed by atoms with Crippen LogP contribution >= 0.6 is 0 Å². The fourth-order valence-electron chi connectivity index (χ4n) is 16.1. The number of carbonyl (C=O) groups excluding carboxylic acids is 7. The largest absolute Gasteiger partial charge is 0.505 e. The number of ketones is 1. The molecule has 12 atom stereocenters. The van der Waals surface area contributed by atoms with E-state index in [1.54, 1.807) is 134 Å². The van der Waals surface area contributed by atoms with Crippen LogP contribution in [0.1, 0.15) is 128 Å². The molecule has 1 unspecified atom stereocenters. The Hall–Kier alpha value is -9.89. The molecule has 3 fully saturated rings. The van der Waals surface area contributed by atoms with E-state index in [0.717, 1.165) is 31.2 Å². The summed E-state index contributed by atoms with van der Waals surface area (Å²) in [7, 11) is -2.69. The van der Waals surface area contributed by atoms with Crippen molar-refractivity contribution in [2.45, 2.75) is 152 Å². The number of aromatic nitrogens is 2. The Morgan fingerprint density at radius 1 is 0.804 bits per heavy atom. The monoisotopic (exact) mass is 1410 g/mol. The zero-order valence-corrected chi connectivity index (χ0v) is 58.4. The van der Waals surface area contributed by atoms with E-state index in [1.807, 2.05) is 0 Å². The number of likely N-dealkylation sites (N-methyl/N-ethyl adjacent to an activating group) is 1. The number of rotatable bonds is 12. The van der Waals surface area contributed by atoms with Gasteiger partial charge >= 0.3 is 23.9 Å². The number of anilines is 1. The Kier molecular flexibility index (Phi) is 19.8. The van der Waals surface area contributed by atoms with E-state index >= 15 is 4.79 Å². The van der Waals surface area contributed by atoms with Crippen LogP contribution in [0.3, 0.4) is 0 Å². The molecule has 1 saturated heterocycles. The molecule has 7 aromatic rings. The molecule has 2 amide bonds. The van der Waals surface area contributed by atoms with Crippen LogP contribution in [0.5, 0.6) is 0 Å². The fraction of sp³-hybridized carbons (Fsp3) is 0.377. The van der Waals surface area contributed by atoms with Gasteiger partial charge in [-0.25, -0.2) is 23.0 Å². The third kappa shape index (κ3) is 12.7. The molecule has 2 saturated carbocycles. The van der Waals surface area contributed by atoms with Crippen molar-refractivity contribution < 1.29 is 86.1 Å². The van der Waals surface area contributed by atoms with Gasteiger partial charge in [0.05, 0.1) is 40.5 Å². The average molecular weight is 1410 g/mol. The average Bonchev–Trinajstić information content (AvgIpc) is 0.785. The highest BCUT2D eigenvalue weighted by atomic mass is 32.2. The van der Waals surface area contributed by atoms with Crippen molar-refractivity contribution in [1.82, 2.24) is 24.5 Å². The molecule has 25 heteroatoms. The number of amides is 2. The van der Waals surface area contributed by atoms with Gasteiger partial charge in [0.1, 0.15) is 29.7 Å². The molecule has 7 aliphatic rings. The molecule has 3 aliphatic heterocycles. The number of aryl methyl sites for hydroxylation is 2. The Morgan fingerprint density at radius 3 is 2.11 bits per heavy atom. The minimum atomic E-state index is -3.91. The number of benzene rings is 5. The van der Waals surface area contributed by atoms with Crippen LogP contribution < -0.4 is 16.0 Å². The predicted octanol–water partition coefficient (Wildman–Crippen LogP) is 8.25. The summed E-state index contributed by atoms with van der Waals surface area (Å²) >= 11 is 0. The summed E-state index contributed by atoms with van der Waals surface area (Å²) in [5.41, 5.74) is -1.24. The van der Waals surface area contributed by atoms with Gasteiger partial charge in [-0.1, -0.05) is 110 Å². The van der Waals surface area contributed by atoms with Crippen molar-refractivity contribution >= 4 is 74.0 Å². The van der Waals surface area contributed by atoms with Crippen molar-refractivity contribution in [2.75, 3.05) is 25.5 Å². The standard InChI is InChI=1S/C47H51NO14.C15H13N3O4S.C15H18N2/c1-25-31(60-43(56)36(52)35(28-16-10-7-11-17-28)48-41(54)29-18-12-8-13-19-29)23-47(57)40(61-42(55)30-20-14-9-15-21-30)38-45(6,32(51)22-33-46(38,24-58-33)62-27(3)50)39(53)37(59-26(2)49)34(25)44(47,4)5;1-18-13(15(20)17-12-8-4-5-9-16-12)14(19)10-6-2-3-7-11(10)23(18,21)22;1-10-5-6-14-12(9-10)11-3-2-4-13-15(11)17(14)8-7-16-13/h7-21,31-33,35-38,40,51-52,57H,22-24H2,1-6H3,(H,48,54);2-9,19H,1H3,(H,16,17,20);5-6,9,13,16H,2-4,7-8H2,1H3/t31-,32-,33+,35-,36+,37+,38-,40-,45+,46-,47+;;/m0../s1. The SMILES string of the molecule is CC(=O)O[C@H]1C(=O)[C@@]2(C)[C@H]([C@H](OC(=O)c3ccccc3)[C@]3(O)C[C@H](OC(=O)[C@H](O)[C@@H](NC(=O)c4ccccc4)c4ccccc4)C(C)=C1C3(C)C)[C@]1(OC(C)=O)CO[C@@H]1C[C@@H]2O.CN1C(C(=O)Nc2ccccn2)=C(O)c2ccccc2S1(=O)=O.Cc1ccc2c(c1)c1c3n2CCNC3CCC1. The van der Waals surface area contributed by atoms with Gasteiger partial charge in [-0.05, 0) is 123 Å². The lowest BCUT2D eigenvalue weighted by molar-refractivity contribution is -0.346. The first-order valence-electron chi connectivity index (χ1n) is 33.8. The third-order valence-corrected chi connectivity index (χ3v) is 23.1. The molecule has 0 spiro atoms. The maximum absolute atomic E-state index is 15.5. The first-order valence-corrected chi connectivity index (χ1v) is 35.3. The lowest BCUT2D eigenvalue weighted by atomic mass is 9.44. The number of hydrogen-bond donors (Lipinski definition) is 7. The lowest BCUT2D eigenvalue weighted by Crippen LogP contribution is -2.82. The fourth-order valence-corrected chi connectivity index (χ4v) is 17.5. The third-order valence-electron chi connectivity index (χ3n) is 21.3. The number of hydrogen-bond acceptors (Lipinski definition) is 20. The summed E-state index contributed by atoms with van der Waals surface area (Å²) in [6.45, 7) is 12.4. The number of carbonyl (C=O) groups is 7. The normalized spacial score (nSPS) is 26.8. The molecular formula is C77H82N6O18S. The van der Waals surface area contributed by atoms with Crippen LogP contribution in [-0.4, -0.2) is 152 Å². The smallest absolute Gasteiger partial charge is 0.338 e. The highest BCUT2D eigenvalue weighted by molar-refractivity contribution is 7.89. The molecule has 2 aromatic heterocycles. The maximum Gasteiger partial charge on any atom is 0.338 e. The number of sulfonamides is 1. The second-order valence-corrected chi connectivity index (χ2v) is 29.6. The van der Waals surface area contributed by atoms with Crippen LogP contribution in [0.4, 0.5) is 5.82 Å². The number of pyridine rings is 1. The van der Waals surface area contributed by atoms with Crippen molar-refractivity contribution in [2.24, 2.45) is 16.7 Å². The van der Waals surface area contributed by atoms with E-state index in [9.17, 15) is 57.6 Å². The minimum absolute atomic E-state index is 0.00289. The second kappa shape index (κ2) is 28.2. The number of esters is 4. The van der Waals surface area contributed by atoms with Crippen LogP contribution in [0.2, 0.25) is 0 Å². The molecule has 102 heavy (non-hydrogen) atoms. The van der Waals surface area contributed by atoms with Gasteiger partial charge in [0, 0.05) is 92.2 Å². The summed E-state index contributed by atoms with van der Waals surface area (Å²) in [6.07, 6.45) is -5.12. The molecule has 14 rings (SSSR count). The van der Waals surface area contributed by atoms with E-state index in [0.29, 0.717) is 11.6 Å². The van der Waals surface area contributed by atoms with Gasteiger partial charge in [-0.3, -0.25) is 28.3 Å². The predicted molar refractivity (Wildman–Crippen MR) is 372 cm³/mol. The van der Waals surface area contributed by atoms with Crippen LogP contribution in [0.25, 0.3) is 16.7 Å². The first kappa shape index (κ1) is 71.9. The number of nitrogens with zero attached hydrogens (tertiary/aromatic N) is 3. The summed E-state index contributed by atoms with van der Waals surface area (Å²) in [4.78, 5) is 99.8. The number of nitrogens with one attached hydrogen (secondary N) is 3. The van der Waals surface area contributed by atoms with Gasteiger partial charge in [-0.2, -0.15) is 0 Å². The molecular weight excluding hydrogens is 1330 g/mol. The lowest BCUT2D eigenvalue weighted by Gasteiger charge is -2.67. The second-order valence-electron chi connectivity index (χ2n) is 27.6. The Morgan fingerprint density at radius 2 is 1.46 bits per heavy atom. The Bertz CT molecular complexity index is 4620. The Balaban J connectivity index is 0.000000196. The summed E-state index contributed by atoms with van der Waals surface area (Å²) in [5, 5.41) is 58.2. The number of ether oxygens (including phenoxy) is 5. The van der Waals surface area contributed by atoms with Crippen molar-refractivity contribution in [1.29, 1.82) is 0 Å². The van der Waals surface area contributed by atoms with E-state index < -0.39 is 134 Å². The maximum atomic E-state index is 15.5.